The summed E-state index contributed by atoms with van der Waals surface area (Å²) in [5.74, 6) is 1.35. The van der Waals surface area contributed by atoms with Gasteiger partial charge < -0.3 is 0 Å². The minimum absolute atomic E-state index is 0.672. The third-order valence-corrected chi connectivity index (χ3v) is 2.85. The van der Waals surface area contributed by atoms with Gasteiger partial charge in [-0.3, -0.25) is 0 Å². The standard InChI is InChI=1S/C12H14/c1-9-7-8-11-5-3-4-6-12(11)10(9)2/h3-10H,1-2H3/t9?,10-/m0/s1. The van der Waals surface area contributed by atoms with Gasteiger partial charge in [0, 0.05) is 0 Å². The average molecular weight is 158 g/mol. The molecule has 0 N–H and O–H groups in total. The lowest BCUT2D eigenvalue weighted by Gasteiger charge is -2.23. The summed E-state index contributed by atoms with van der Waals surface area (Å²) in [6, 6.07) is 8.65. The highest BCUT2D eigenvalue weighted by Crippen LogP contribution is 2.32. The first-order valence-corrected chi connectivity index (χ1v) is 4.56. The van der Waals surface area contributed by atoms with Gasteiger partial charge in [-0.2, -0.15) is 0 Å². The van der Waals surface area contributed by atoms with Gasteiger partial charge in [-0.05, 0) is 23.0 Å². The molecule has 0 spiro atoms. The Kier molecular flexibility index (Phi) is 1.76. The minimum atomic E-state index is 0.672. The first-order valence-electron chi connectivity index (χ1n) is 4.56. The van der Waals surface area contributed by atoms with E-state index in [4.69, 9.17) is 0 Å². The van der Waals surface area contributed by atoms with Gasteiger partial charge in [0.05, 0.1) is 0 Å². The van der Waals surface area contributed by atoms with E-state index in [-0.39, 0.29) is 0 Å². The lowest BCUT2D eigenvalue weighted by molar-refractivity contribution is 0.586. The van der Waals surface area contributed by atoms with Crippen LogP contribution in [0.25, 0.3) is 6.08 Å². The molecule has 0 bridgehead atoms. The van der Waals surface area contributed by atoms with Crippen molar-refractivity contribution in [3.63, 3.8) is 0 Å². The van der Waals surface area contributed by atoms with Gasteiger partial charge in [0.15, 0.2) is 0 Å². The van der Waals surface area contributed by atoms with Crippen LogP contribution in [0, 0.1) is 5.92 Å². The fourth-order valence-corrected chi connectivity index (χ4v) is 1.78. The zero-order valence-electron chi connectivity index (χ0n) is 7.62. The molecule has 0 aliphatic heterocycles. The SMILES string of the molecule is CC1C=Cc2ccccc2[C@H]1C. The summed E-state index contributed by atoms with van der Waals surface area (Å²) >= 11 is 0. The van der Waals surface area contributed by atoms with E-state index < -0.39 is 0 Å². The van der Waals surface area contributed by atoms with E-state index in [9.17, 15) is 0 Å². The summed E-state index contributed by atoms with van der Waals surface area (Å²) in [5, 5.41) is 0. The van der Waals surface area contributed by atoms with E-state index in [0.717, 1.165) is 0 Å². The Hall–Kier alpha value is -1.04. The molecule has 1 unspecified atom stereocenters. The monoisotopic (exact) mass is 158 g/mol. The number of rotatable bonds is 0. The largest absolute Gasteiger partial charge is 0.0805 e. The van der Waals surface area contributed by atoms with Gasteiger partial charge in [0.25, 0.3) is 0 Å². The van der Waals surface area contributed by atoms with Gasteiger partial charge in [-0.15, -0.1) is 0 Å². The highest BCUT2D eigenvalue weighted by atomic mass is 14.2. The fraction of sp³-hybridized carbons (Fsp3) is 0.333. The summed E-state index contributed by atoms with van der Waals surface area (Å²) < 4.78 is 0. The predicted octanol–water partition coefficient (Wildman–Crippen LogP) is 3.45. The predicted molar refractivity (Wildman–Crippen MR) is 53.1 cm³/mol. The van der Waals surface area contributed by atoms with Crippen molar-refractivity contribution in [3.05, 3.63) is 41.5 Å². The van der Waals surface area contributed by atoms with Gasteiger partial charge in [0.1, 0.15) is 0 Å². The van der Waals surface area contributed by atoms with Crippen LogP contribution in [0.1, 0.15) is 30.9 Å². The van der Waals surface area contributed by atoms with Crippen LogP contribution in [0.4, 0.5) is 0 Å². The van der Waals surface area contributed by atoms with Crippen LogP contribution in [0.2, 0.25) is 0 Å². The number of fused-ring (bicyclic) bond motifs is 1. The molecule has 1 aliphatic carbocycles. The van der Waals surface area contributed by atoms with E-state index in [1.807, 2.05) is 0 Å². The van der Waals surface area contributed by atoms with Crippen LogP contribution in [0.3, 0.4) is 0 Å². The maximum absolute atomic E-state index is 2.30. The van der Waals surface area contributed by atoms with Crippen LogP contribution >= 0.6 is 0 Å². The van der Waals surface area contributed by atoms with E-state index in [0.29, 0.717) is 11.8 Å². The molecule has 0 saturated heterocycles. The highest BCUT2D eigenvalue weighted by molar-refractivity contribution is 5.57. The second-order valence-electron chi connectivity index (χ2n) is 3.64. The summed E-state index contributed by atoms with van der Waals surface area (Å²) in [5.41, 5.74) is 2.88. The molecule has 0 saturated carbocycles. The molecule has 0 radical (unpaired) electrons. The average Bonchev–Trinajstić information content (AvgIpc) is 2.12. The Morgan fingerprint density at radius 2 is 1.83 bits per heavy atom. The van der Waals surface area contributed by atoms with Gasteiger partial charge in [-0.25, -0.2) is 0 Å². The highest BCUT2D eigenvalue weighted by Gasteiger charge is 2.17. The molecule has 0 amide bonds. The third-order valence-electron chi connectivity index (χ3n) is 2.85. The van der Waals surface area contributed by atoms with Crippen molar-refractivity contribution >= 4 is 6.08 Å². The lowest BCUT2D eigenvalue weighted by Crippen LogP contribution is -2.08. The van der Waals surface area contributed by atoms with Gasteiger partial charge in [-0.1, -0.05) is 50.3 Å². The van der Waals surface area contributed by atoms with Crippen molar-refractivity contribution in [2.45, 2.75) is 19.8 Å². The Morgan fingerprint density at radius 3 is 2.67 bits per heavy atom. The van der Waals surface area contributed by atoms with E-state index in [2.05, 4.69) is 50.3 Å². The molecule has 0 heterocycles. The van der Waals surface area contributed by atoms with Crippen LogP contribution in [-0.4, -0.2) is 0 Å². The fourth-order valence-electron chi connectivity index (χ4n) is 1.78. The molecular formula is C12H14. The molecule has 12 heavy (non-hydrogen) atoms. The zero-order chi connectivity index (χ0) is 8.55. The molecule has 0 fully saturated rings. The first kappa shape index (κ1) is 7.60. The van der Waals surface area contributed by atoms with E-state index in [1.54, 1.807) is 0 Å². The molecule has 62 valence electrons. The van der Waals surface area contributed by atoms with Crippen molar-refractivity contribution in [2.75, 3.05) is 0 Å². The van der Waals surface area contributed by atoms with Crippen molar-refractivity contribution in [3.8, 4) is 0 Å². The molecule has 1 aromatic carbocycles. The zero-order valence-corrected chi connectivity index (χ0v) is 7.62. The molecule has 0 nitrogen and oxygen atoms in total. The van der Waals surface area contributed by atoms with Gasteiger partial charge >= 0.3 is 0 Å². The number of allylic oxidation sites excluding steroid dienone is 1. The second-order valence-corrected chi connectivity index (χ2v) is 3.64. The van der Waals surface area contributed by atoms with E-state index in [1.165, 1.54) is 11.1 Å². The molecule has 2 rings (SSSR count). The maximum atomic E-state index is 2.30. The minimum Gasteiger partial charge on any atom is -0.0805 e. The van der Waals surface area contributed by atoms with Crippen molar-refractivity contribution in [1.82, 2.24) is 0 Å². The number of benzene rings is 1. The lowest BCUT2D eigenvalue weighted by atomic mass is 9.82. The number of hydrogen-bond acceptors (Lipinski definition) is 0. The van der Waals surface area contributed by atoms with Crippen LogP contribution in [0.15, 0.2) is 30.3 Å². The quantitative estimate of drug-likeness (QED) is 0.542. The molecule has 1 aromatic rings. The Morgan fingerprint density at radius 1 is 1.08 bits per heavy atom. The molecule has 0 aromatic heterocycles. The molecule has 2 atom stereocenters. The summed E-state index contributed by atoms with van der Waals surface area (Å²) in [6.45, 7) is 4.57. The molecule has 1 aliphatic rings. The van der Waals surface area contributed by atoms with Crippen LogP contribution in [-0.2, 0) is 0 Å². The molecular weight excluding hydrogens is 144 g/mol. The van der Waals surface area contributed by atoms with Crippen LogP contribution < -0.4 is 0 Å². The number of hydrogen-bond donors (Lipinski definition) is 0. The topological polar surface area (TPSA) is 0 Å². The second kappa shape index (κ2) is 2.78. The Bertz CT molecular complexity index is 310. The maximum Gasteiger partial charge on any atom is -0.0124 e. The van der Waals surface area contributed by atoms with E-state index >= 15 is 0 Å². The Labute approximate surface area is 73.9 Å². The normalized spacial score (nSPS) is 26.8. The summed E-state index contributed by atoms with van der Waals surface area (Å²) in [7, 11) is 0. The smallest absolute Gasteiger partial charge is 0.0124 e. The molecule has 0 heteroatoms. The third kappa shape index (κ3) is 1.08. The van der Waals surface area contributed by atoms with Gasteiger partial charge in [0.2, 0.25) is 0 Å². The Balaban J connectivity index is 2.52. The van der Waals surface area contributed by atoms with Crippen molar-refractivity contribution in [2.24, 2.45) is 5.92 Å². The summed E-state index contributed by atoms with van der Waals surface area (Å²) in [4.78, 5) is 0. The van der Waals surface area contributed by atoms with Crippen LogP contribution in [0.5, 0.6) is 0 Å². The van der Waals surface area contributed by atoms with Crippen molar-refractivity contribution < 1.29 is 0 Å². The van der Waals surface area contributed by atoms with Crippen molar-refractivity contribution in [1.29, 1.82) is 0 Å². The first-order chi connectivity index (χ1) is 5.79. The summed E-state index contributed by atoms with van der Waals surface area (Å²) in [6.07, 6.45) is 4.53.